The molecule has 0 saturated carbocycles. The topological polar surface area (TPSA) is 60.2 Å². The second kappa shape index (κ2) is 4.52. The number of aromatic nitrogens is 1. The van der Waals surface area contributed by atoms with Gasteiger partial charge in [0.2, 0.25) is 9.84 Å². The average molecular weight is 237 g/mol. The van der Waals surface area contributed by atoms with E-state index in [9.17, 15) is 17.2 Å². The molecule has 4 nitrogen and oxygen atoms in total. The lowest BCUT2D eigenvalue weighted by Crippen LogP contribution is -2.06. The summed E-state index contributed by atoms with van der Waals surface area (Å²) < 4.78 is 50.8. The minimum absolute atomic E-state index is 0.258. The predicted molar refractivity (Wildman–Crippen MR) is 48.2 cm³/mol. The lowest BCUT2D eigenvalue weighted by Gasteiger charge is -1.95. The van der Waals surface area contributed by atoms with Crippen LogP contribution in [0.3, 0.4) is 0 Å². The van der Waals surface area contributed by atoms with Crippen molar-refractivity contribution in [1.82, 2.24) is 4.98 Å². The number of oxazole rings is 1. The summed E-state index contributed by atoms with van der Waals surface area (Å²) in [6.07, 6.45) is -0.411. The fourth-order valence-corrected chi connectivity index (χ4v) is 1.97. The zero-order valence-corrected chi connectivity index (χ0v) is 8.72. The molecule has 15 heavy (non-hydrogen) atoms. The summed E-state index contributed by atoms with van der Waals surface area (Å²) >= 11 is 0. The molecule has 0 unspecified atom stereocenters. The lowest BCUT2D eigenvalue weighted by atomic mass is 10.5. The highest BCUT2D eigenvalue weighted by Crippen LogP contribution is 2.12. The van der Waals surface area contributed by atoms with Crippen molar-refractivity contribution in [3.8, 4) is 0 Å². The van der Waals surface area contributed by atoms with E-state index >= 15 is 0 Å². The molecule has 0 aliphatic carbocycles. The molecule has 0 saturated heterocycles. The maximum absolute atomic E-state index is 11.6. The van der Waals surface area contributed by atoms with Gasteiger partial charge in [-0.1, -0.05) is 0 Å². The Bertz CT molecular complexity index is 460. The number of rotatable bonds is 4. The van der Waals surface area contributed by atoms with Crippen LogP contribution < -0.4 is 0 Å². The maximum atomic E-state index is 11.6. The summed E-state index contributed by atoms with van der Waals surface area (Å²) in [7, 11) is -3.69. The molecule has 0 aromatic carbocycles. The van der Waals surface area contributed by atoms with Crippen LogP contribution in [0.4, 0.5) is 8.78 Å². The van der Waals surface area contributed by atoms with E-state index in [1.165, 1.54) is 6.26 Å². The predicted octanol–water partition coefficient (Wildman–Crippen LogP) is 1.93. The highest BCUT2D eigenvalue weighted by molar-refractivity contribution is 7.91. The third kappa shape index (κ3) is 3.43. The Kier molecular flexibility index (Phi) is 3.57. The largest absolute Gasteiger partial charge is 0.436 e. The van der Waals surface area contributed by atoms with Crippen molar-refractivity contribution in [2.24, 2.45) is 0 Å². The molecule has 7 heteroatoms. The van der Waals surface area contributed by atoms with Crippen LogP contribution in [0.25, 0.3) is 0 Å². The van der Waals surface area contributed by atoms with Crippen molar-refractivity contribution < 1.29 is 21.6 Å². The fraction of sp³-hybridized carbons (Fsp3) is 0.375. The monoisotopic (exact) mass is 237 g/mol. The van der Waals surface area contributed by atoms with Gasteiger partial charge in [0.05, 0.1) is 11.4 Å². The van der Waals surface area contributed by atoms with E-state index in [2.05, 4.69) is 9.40 Å². The van der Waals surface area contributed by atoms with Crippen molar-refractivity contribution in [3.05, 3.63) is 24.1 Å². The first-order valence-corrected chi connectivity index (χ1v) is 5.73. The molecule has 0 bridgehead atoms. The van der Waals surface area contributed by atoms with E-state index in [0.717, 1.165) is 0 Å². The molecule has 1 rings (SSSR count). The van der Waals surface area contributed by atoms with Gasteiger partial charge in [-0.25, -0.2) is 13.4 Å². The number of aryl methyl sites for hydroxylation is 1. The van der Waals surface area contributed by atoms with Crippen LogP contribution in [-0.2, 0) is 9.84 Å². The number of sulfone groups is 1. The summed E-state index contributed by atoms with van der Waals surface area (Å²) in [5.41, 5.74) is 0.431. The zero-order valence-electron chi connectivity index (χ0n) is 7.91. The van der Waals surface area contributed by atoms with E-state index in [1.54, 1.807) is 6.92 Å². The smallest absolute Gasteiger partial charge is 0.315 e. The van der Waals surface area contributed by atoms with Crippen molar-refractivity contribution in [1.29, 1.82) is 0 Å². The van der Waals surface area contributed by atoms with E-state index in [1.807, 2.05) is 0 Å². The molecule has 0 atom stereocenters. The molecule has 0 aliphatic heterocycles. The van der Waals surface area contributed by atoms with E-state index < -0.39 is 26.9 Å². The summed E-state index contributed by atoms with van der Waals surface area (Å²) in [4.78, 5) is 3.62. The molecule has 1 aromatic rings. The Hall–Kier alpha value is -1.24. The Labute approximate surface area is 85.5 Å². The van der Waals surface area contributed by atoms with Gasteiger partial charge in [-0.15, -0.1) is 0 Å². The Balaban J connectivity index is 2.73. The van der Waals surface area contributed by atoms with Crippen LogP contribution in [0.1, 0.15) is 12.1 Å². The molecular formula is C8H9F2NO3S. The Morgan fingerprint density at radius 2 is 2.27 bits per heavy atom. The van der Waals surface area contributed by atoms with Crippen LogP contribution in [0.5, 0.6) is 0 Å². The Morgan fingerprint density at radius 1 is 1.60 bits per heavy atom. The zero-order chi connectivity index (χ0) is 11.5. The van der Waals surface area contributed by atoms with Gasteiger partial charge in [0.15, 0.2) is 0 Å². The second-order valence-corrected chi connectivity index (χ2v) is 4.84. The number of nitrogens with zero attached hydrogens (tertiary/aromatic N) is 1. The van der Waals surface area contributed by atoms with Crippen LogP contribution in [-0.4, -0.2) is 19.2 Å². The first kappa shape index (κ1) is 11.8. The lowest BCUT2D eigenvalue weighted by molar-refractivity contribution is 0.417. The SMILES string of the molecule is Cc1coc(S(=O)(=O)CCC=C(F)F)n1. The van der Waals surface area contributed by atoms with Crippen LogP contribution >= 0.6 is 0 Å². The standard InChI is InChI=1S/C8H9F2NO3S/c1-6-5-14-8(11-6)15(12,13)4-2-3-7(9)10/h3,5H,2,4H2,1H3. The van der Waals surface area contributed by atoms with Crippen molar-refractivity contribution >= 4 is 9.84 Å². The third-order valence-corrected chi connectivity index (χ3v) is 3.04. The minimum Gasteiger partial charge on any atom is -0.436 e. The van der Waals surface area contributed by atoms with Crippen LogP contribution in [0.2, 0.25) is 0 Å². The van der Waals surface area contributed by atoms with Crippen LogP contribution in [0.15, 0.2) is 28.1 Å². The average Bonchev–Trinajstić information content (AvgIpc) is 2.51. The molecule has 0 aliphatic rings. The van der Waals surface area contributed by atoms with Gasteiger partial charge in [-0.2, -0.15) is 8.78 Å². The van der Waals surface area contributed by atoms with E-state index in [4.69, 9.17) is 0 Å². The number of allylic oxidation sites excluding steroid dienone is 1. The summed E-state index contributed by atoms with van der Waals surface area (Å²) in [6, 6.07) is 0. The molecule has 0 amide bonds. The highest BCUT2D eigenvalue weighted by Gasteiger charge is 2.19. The number of hydrogen-bond donors (Lipinski definition) is 0. The number of halogens is 2. The quantitative estimate of drug-likeness (QED) is 0.802. The van der Waals surface area contributed by atoms with E-state index in [-0.39, 0.29) is 6.42 Å². The first-order chi connectivity index (χ1) is 6.92. The normalized spacial score (nSPS) is 11.4. The van der Waals surface area contributed by atoms with Gasteiger partial charge in [0.25, 0.3) is 6.08 Å². The molecule has 84 valence electrons. The molecular weight excluding hydrogens is 228 g/mol. The fourth-order valence-electron chi connectivity index (χ4n) is 0.886. The van der Waals surface area contributed by atoms with Gasteiger partial charge < -0.3 is 4.42 Å². The summed E-state index contributed by atoms with van der Waals surface area (Å²) in [5, 5.41) is -0.423. The van der Waals surface area contributed by atoms with Crippen LogP contribution in [0, 0.1) is 6.92 Å². The summed E-state index contributed by atoms with van der Waals surface area (Å²) in [6.45, 7) is 1.57. The molecule has 1 heterocycles. The van der Waals surface area contributed by atoms with Gasteiger partial charge in [0, 0.05) is 0 Å². The molecule has 0 fully saturated rings. The third-order valence-electron chi connectivity index (χ3n) is 1.55. The van der Waals surface area contributed by atoms with E-state index in [0.29, 0.717) is 11.8 Å². The van der Waals surface area contributed by atoms with Gasteiger partial charge >= 0.3 is 5.22 Å². The van der Waals surface area contributed by atoms with Crippen molar-refractivity contribution in [2.45, 2.75) is 18.6 Å². The highest BCUT2D eigenvalue weighted by atomic mass is 32.2. The van der Waals surface area contributed by atoms with Crippen molar-refractivity contribution in [2.75, 3.05) is 5.75 Å². The minimum atomic E-state index is -3.69. The first-order valence-electron chi connectivity index (χ1n) is 4.08. The van der Waals surface area contributed by atoms with Crippen molar-refractivity contribution in [3.63, 3.8) is 0 Å². The Morgan fingerprint density at radius 3 is 2.73 bits per heavy atom. The van der Waals surface area contributed by atoms with Gasteiger partial charge in [-0.3, -0.25) is 0 Å². The number of hydrogen-bond acceptors (Lipinski definition) is 4. The molecule has 0 spiro atoms. The van der Waals surface area contributed by atoms with Gasteiger partial charge in [0.1, 0.15) is 6.26 Å². The molecule has 0 N–H and O–H groups in total. The molecule has 0 radical (unpaired) electrons. The molecule has 1 aromatic heterocycles. The van der Waals surface area contributed by atoms with Gasteiger partial charge in [-0.05, 0) is 19.4 Å². The second-order valence-electron chi connectivity index (χ2n) is 2.86. The summed E-state index contributed by atoms with van der Waals surface area (Å²) in [5.74, 6) is -0.440. The maximum Gasteiger partial charge on any atom is 0.315 e.